The fourth-order valence-electron chi connectivity index (χ4n) is 3.06. The summed E-state index contributed by atoms with van der Waals surface area (Å²) < 4.78 is 5.31. The van der Waals surface area contributed by atoms with Gasteiger partial charge in [-0.3, -0.25) is 4.79 Å². The van der Waals surface area contributed by atoms with Crippen molar-refractivity contribution in [3.63, 3.8) is 0 Å². The van der Waals surface area contributed by atoms with Crippen LogP contribution in [-0.4, -0.2) is 23.5 Å². The van der Waals surface area contributed by atoms with Crippen molar-refractivity contribution in [2.75, 3.05) is 17.2 Å². The maximum Gasteiger partial charge on any atom is 0.341 e. The Morgan fingerprint density at radius 3 is 2.47 bits per heavy atom. The topological polar surface area (TPSA) is 67.4 Å². The Hall–Kier alpha value is -3.03. The molecule has 0 atom stereocenters. The van der Waals surface area contributed by atoms with Crippen molar-refractivity contribution in [3.05, 3.63) is 70.6 Å². The molecule has 0 aliphatic carbocycles. The first-order chi connectivity index (χ1) is 14.4. The number of Topliss-reactive ketones (excluding diaryl/α,β-unsaturated/α-hetero) is 1. The van der Waals surface area contributed by atoms with Gasteiger partial charge >= 0.3 is 5.97 Å². The molecule has 0 saturated carbocycles. The van der Waals surface area contributed by atoms with E-state index in [1.165, 1.54) is 18.3 Å². The number of ether oxygens (including phenoxy) is 1. The van der Waals surface area contributed by atoms with Gasteiger partial charge in [0.25, 0.3) is 0 Å². The van der Waals surface area contributed by atoms with E-state index in [9.17, 15) is 9.59 Å². The van der Waals surface area contributed by atoms with Crippen LogP contribution in [0.2, 0.25) is 0 Å². The molecule has 0 fully saturated rings. The summed E-state index contributed by atoms with van der Waals surface area (Å²) in [5, 5.41) is 7.14. The van der Waals surface area contributed by atoms with Crippen LogP contribution in [0.5, 0.6) is 0 Å². The molecule has 0 aliphatic heterocycles. The molecule has 5 nitrogen and oxygen atoms in total. The average Bonchev–Trinajstić information content (AvgIpc) is 3.04. The lowest BCUT2D eigenvalue weighted by atomic mass is 10.0. The predicted octanol–water partition coefficient (Wildman–Crippen LogP) is 5.91. The van der Waals surface area contributed by atoms with E-state index in [4.69, 9.17) is 17.0 Å². The van der Waals surface area contributed by atoms with Crippen LogP contribution in [0, 0.1) is 6.92 Å². The number of anilines is 2. The van der Waals surface area contributed by atoms with E-state index < -0.39 is 5.97 Å². The third-order valence-corrected chi connectivity index (χ3v) is 5.61. The Kier molecular flexibility index (Phi) is 6.97. The average molecular weight is 439 g/mol. The van der Waals surface area contributed by atoms with Gasteiger partial charge in [0, 0.05) is 21.7 Å². The summed E-state index contributed by atoms with van der Waals surface area (Å²) in [7, 11) is 0. The highest BCUT2D eigenvalue weighted by Crippen LogP contribution is 2.40. The zero-order chi connectivity index (χ0) is 21.7. The van der Waals surface area contributed by atoms with Crippen molar-refractivity contribution < 1.29 is 14.3 Å². The summed E-state index contributed by atoms with van der Waals surface area (Å²) in [6.45, 7) is 5.54. The maximum absolute atomic E-state index is 12.8. The van der Waals surface area contributed by atoms with Crippen LogP contribution in [0.1, 0.15) is 39.4 Å². The lowest BCUT2D eigenvalue weighted by molar-refractivity contribution is 0.0529. The predicted molar refractivity (Wildman–Crippen MR) is 127 cm³/mol. The Morgan fingerprint density at radius 2 is 1.80 bits per heavy atom. The fraction of sp³-hybridized carbons (Fsp3) is 0.174. The summed E-state index contributed by atoms with van der Waals surface area (Å²) in [6, 6.07) is 16.8. The molecule has 0 saturated heterocycles. The molecule has 2 aromatic carbocycles. The molecule has 0 amide bonds. The van der Waals surface area contributed by atoms with Crippen molar-refractivity contribution >= 4 is 51.1 Å². The Balaban J connectivity index is 1.92. The smallest absolute Gasteiger partial charge is 0.341 e. The van der Waals surface area contributed by atoms with Gasteiger partial charge in [0.2, 0.25) is 0 Å². The van der Waals surface area contributed by atoms with Crippen LogP contribution in [0.25, 0.3) is 11.1 Å². The number of aryl methyl sites for hydroxylation is 1. The van der Waals surface area contributed by atoms with Gasteiger partial charge < -0.3 is 15.4 Å². The molecule has 0 bridgehead atoms. The second-order valence-corrected chi connectivity index (χ2v) is 8.17. The van der Waals surface area contributed by atoms with E-state index in [1.807, 2.05) is 43.3 Å². The molecule has 154 valence electrons. The largest absolute Gasteiger partial charge is 0.462 e. The number of carbonyl (C=O) groups is 2. The molecule has 3 aromatic rings. The zero-order valence-corrected chi connectivity index (χ0v) is 18.6. The van der Waals surface area contributed by atoms with Gasteiger partial charge in [-0.25, -0.2) is 4.79 Å². The van der Waals surface area contributed by atoms with Crippen LogP contribution in [0.4, 0.5) is 10.7 Å². The van der Waals surface area contributed by atoms with E-state index in [-0.39, 0.29) is 12.4 Å². The molecule has 1 heterocycles. The minimum atomic E-state index is -0.399. The monoisotopic (exact) mass is 438 g/mol. The van der Waals surface area contributed by atoms with Gasteiger partial charge in [-0.2, -0.15) is 0 Å². The van der Waals surface area contributed by atoms with Crippen molar-refractivity contribution in [2.24, 2.45) is 0 Å². The van der Waals surface area contributed by atoms with E-state index in [1.54, 1.807) is 25.1 Å². The van der Waals surface area contributed by atoms with Crippen molar-refractivity contribution in [1.29, 1.82) is 0 Å². The first kappa shape index (κ1) is 21.7. The summed E-state index contributed by atoms with van der Waals surface area (Å²) in [5.41, 5.74) is 3.52. The van der Waals surface area contributed by atoms with E-state index in [2.05, 4.69) is 10.6 Å². The maximum atomic E-state index is 12.8. The molecule has 0 spiro atoms. The molecule has 7 heteroatoms. The lowest BCUT2D eigenvalue weighted by Gasteiger charge is -2.12. The van der Waals surface area contributed by atoms with Gasteiger partial charge in [-0.1, -0.05) is 42.5 Å². The SMILES string of the molecule is CCOC(=O)c1c(NC(=S)Nc2cccc(C(C)=O)c2)sc(C)c1-c1ccccc1. The molecule has 0 radical (unpaired) electrons. The molecule has 3 rings (SSSR count). The number of nitrogens with one attached hydrogen (secondary N) is 2. The fourth-order valence-corrected chi connectivity index (χ4v) is 4.42. The molecule has 0 aliphatic rings. The molecule has 1 aromatic heterocycles. The summed E-state index contributed by atoms with van der Waals surface area (Å²) in [6.07, 6.45) is 0. The van der Waals surface area contributed by atoms with Gasteiger partial charge in [0.15, 0.2) is 10.9 Å². The molecular formula is C23H22N2O3S2. The minimum Gasteiger partial charge on any atom is -0.462 e. The van der Waals surface area contributed by atoms with Gasteiger partial charge in [0.1, 0.15) is 10.6 Å². The van der Waals surface area contributed by atoms with Crippen LogP contribution >= 0.6 is 23.6 Å². The molecule has 2 N–H and O–H groups in total. The first-order valence-corrected chi connectivity index (χ1v) is 10.7. The van der Waals surface area contributed by atoms with Gasteiger partial charge in [0.05, 0.1) is 6.61 Å². The zero-order valence-electron chi connectivity index (χ0n) is 16.9. The second kappa shape index (κ2) is 9.65. The van der Waals surface area contributed by atoms with E-state index >= 15 is 0 Å². The summed E-state index contributed by atoms with van der Waals surface area (Å²) in [5.74, 6) is -0.423. The number of rotatable bonds is 6. The number of thiophene rings is 1. The normalized spacial score (nSPS) is 10.4. The molecular weight excluding hydrogens is 416 g/mol. The second-order valence-electron chi connectivity index (χ2n) is 6.54. The Bertz CT molecular complexity index is 1090. The third-order valence-electron chi connectivity index (χ3n) is 4.38. The number of benzene rings is 2. The van der Waals surface area contributed by atoms with Crippen LogP contribution in [0.15, 0.2) is 54.6 Å². The third kappa shape index (κ3) is 4.93. The minimum absolute atomic E-state index is 0.0245. The van der Waals surface area contributed by atoms with Gasteiger partial charge in [-0.05, 0) is 50.7 Å². The van der Waals surface area contributed by atoms with Crippen molar-refractivity contribution in [1.82, 2.24) is 0 Å². The Morgan fingerprint density at radius 1 is 1.07 bits per heavy atom. The lowest BCUT2D eigenvalue weighted by Crippen LogP contribution is -2.20. The summed E-state index contributed by atoms with van der Waals surface area (Å²) >= 11 is 6.90. The summed E-state index contributed by atoms with van der Waals surface area (Å²) in [4.78, 5) is 25.4. The molecule has 0 unspecified atom stereocenters. The highest BCUT2D eigenvalue weighted by atomic mass is 32.1. The van der Waals surface area contributed by atoms with Crippen LogP contribution in [0.3, 0.4) is 0 Å². The molecule has 30 heavy (non-hydrogen) atoms. The number of thiocarbonyl (C=S) groups is 1. The van der Waals surface area contributed by atoms with Crippen LogP contribution in [-0.2, 0) is 4.74 Å². The van der Waals surface area contributed by atoms with Crippen molar-refractivity contribution in [3.8, 4) is 11.1 Å². The van der Waals surface area contributed by atoms with Crippen LogP contribution < -0.4 is 10.6 Å². The quantitative estimate of drug-likeness (QED) is 0.283. The number of esters is 1. The number of hydrogen-bond acceptors (Lipinski definition) is 5. The number of hydrogen-bond donors (Lipinski definition) is 2. The van der Waals surface area contributed by atoms with E-state index in [0.717, 1.165) is 16.0 Å². The Labute approximate surface area is 185 Å². The van der Waals surface area contributed by atoms with Crippen molar-refractivity contribution in [2.45, 2.75) is 20.8 Å². The number of ketones is 1. The number of carbonyl (C=O) groups excluding carboxylic acids is 2. The first-order valence-electron chi connectivity index (χ1n) is 9.45. The van der Waals surface area contributed by atoms with E-state index in [0.29, 0.717) is 26.9 Å². The highest BCUT2D eigenvalue weighted by Gasteiger charge is 2.24. The standard InChI is InChI=1S/C23H22N2O3S2/c1-4-28-22(27)20-19(16-9-6-5-7-10-16)15(3)30-21(20)25-23(29)24-18-12-8-11-17(13-18)14(2)26/h5-13H,4H2,1-3H3,(H2,24,25,29). The van der Waals surface area contributed by atoms with Gasteiger partial charge in [-0.15, -0.1) is 11.3 Å². The highest BCUT2D eigenvalue weighted by molar-refractivity contribution is 7.80.